The minimum atomic E-state index is -3.94. The molecule has 0 saturated carbocycles. The molecule has 6 heteroatoms. The molecule has 0 heterocycles. The Balaban J connectivity index is 3.90. The van der Waals surface area contributed by atoms with E-state index in [0.29, 0.717) is 0 Å². The van der Waals surface area contributed by atoms with Crippen molar-refractivity contribution in [1.29, 1.82) is 0 Å². The van der Waals surface area contributed by atoms with Gasteiger partial charge in [0.1, 0.15) is 0 Å². The number of hydrogen-bond acceptors (Lipinski definition) is 2. The van der Waals surface area contributed by atoms with Gasteiger partial charge in [0.2, 0.25) is 0 Å². The van der Waals surface area contributed by atoms with Crippen LogP contribution in [0.1, 0.15) is 0 Å². The number of rotatable bonds is 2. The first-order valence-electron chi connectivity index (χ1n) is 2.41. The second kappa shape index (κ2) is 3.37. The van der Waals surface area contributed by atoms with Crippen molar-refractivity contribution < 1.29 is 8.39 Å². The molecular formula is C3H9F2PS2Sn. The van der Waals surface area contributed by atoms with Gasteiger partial charge in [0, 0.05) is 0 Å². The van der Waals surface area contributed by atoms with Gasteiger partial charge in [-0.05, 0) is 0 Å². The normalized spacial score (nSPS) is 13.9. The summed E-state index contributed by atoms with van der Waals surface area (Å²) in [5, 5.41) is 0. The van der Waals surface area contributed by atoms with E-state index < -0.39 is 22.9 Å². The van der Waals surface area contributed by atoms with Gasteiger partial charge in [-0.15, -0.1) is 0 Å². The Bertz CT molecular complexity index is 137. The second-order valence-corrected chi connectivity index (χ2v) is 32.6. The summed E-state index contributed by atoms with van der Waals surface area (Å²) in [5.74, 6) is -3.94. The zero-order valence-electron chi connectivity index (χ0n) is 5.52. The van der Waals surface area contributed by atoms with Crippen molar-refractivity contribution in [3.8, 4) is 0 Å². The molecular weight excluding hydrogens is 288 g/mol. The van der Waals surface area contributed by atoms with Crippen LogP contribution < -0.4 is 0 Å². The third kappa shape index (κ3) is 9.66. The molecule has 0 spiro atoms. The Morgan fingerprint density at radius 1 is 1.33 bits per heavy atom. The van der Waals surface area contributed by atoms with E-state index in [-0.39, 0.29) is 0 Å². The molecule has 0 aromatic carbocycles. The van der Waals surface area contributed by atoms with Gasteiger partial charge >= 0.3 is 66.4 Å². The summed E-state index contributed by atoms with van der Waals surface area (Å²) >= 11 is 1.69. The minimum absolute atomic E-state index is 0.816. The Morgan fingerprint density at radius 3 is 1.67 bits per heavy atom. The van der Waals surface area contributed by atoms with Crippen LogP contribution in [0.15, 0.2) is 0 Å². The molecule has 0 amide bonds. The third-order valence-corrected chi connectivity index (χ3v) is 27.5. The molecule has 0 bridgehead atoms. The molecule has 0 radical (unpaired) electrons. The van der Waals surface area contributed by atoms with Gasteiger partial charge in [-0.1, -0.05) is 0 Å². The SMILES string of the molecule is [CH3][Sn]([CH3])([CH3])[S]P(F)(F)=S. The monoisotopic (exact) mass is 298 g/mol. The van der Waals surface area contributed by atoms with E-state index in [4.69, 9.17) is 0 Å². The summed E-state index contributed by atoms with van der Waals surface area (Å²) in [4.78, 5) is 5.83. The summed E-state index contributed by atoms with van der Waals surface area (Å²) < 4.78 is 24.3. The molecule has 0 saturated heterocycles. The first-order valence-corrected chi connectivity index (χ1v) is 18.5. The van der Waals surface area contributed by atoms with E-state index in [9.17, 15) is 8.39 Å². The van der Waals surface area contributed by atoms with Crippen LogP contribution in [0.4, 0.5) is 8.39 Å². The van der Waals surface area contributed by atoms with Gasteiger partial charge < -0.3 is 0 Å². The fourth-order valence-corrected chi connectivity index (χ4v) is 32.7. The van der Waals surface area contributed by atoms with Gasteiger partial charge in [0.05, 0.1) is 0 Å². The Kier molecular flexibility index (Phi) is 3.99. The van der Waals surface area contributed by atoms with Crippen molar-refractivity contribution in [3.05, 3.63) is 0 Å². The van der Waals surface area contributed by atoms with Crippen LogP contribution >= 0.6 is 14.4 Å². The summed E-state index contributed by atoms with van der Waals surface area (Å²) in [5.41, 5.74) is 0. The average molecular weight is 297 g/mol. The summed E-state index contributed by atoms with van der Waals surface area (Å²) in [6.07, 6.45) is 0. The topological polar surface area (TPSA) is 0 Å². The predicted octanol–water partition coefficient (Wildman–Crippen LogP) is 3.72. The molecule has 0 fully saturated rings. The molecule has 0 aromatic rings. The quantitative estimate of drug-likeness (QED) is 0.563. The predicted molar refractivity (Wildman–Crippen MR) is 47.4 cm³/mol. The van der Waals surface area contributed by atoms with Crippen molar-refractivity contribution in [1.82, 2.24) is 0 Å². The maximum absolute atomic E-state index is 12.2. The van der Waals surface area contributed by atoms with Crippen molar-refractivity contribution in [2.45, 2.75) is 14.8 Å². The first kappa shape index (κ1) is 10.7. The molecule has 0 N–H and O–H groups in total. The van der Waals surface area contributed by atoms with Gasteiger partial charge in [-0.3, -0.25) is 0 Å². The van der Waals surface area contributed by atoms with Crippen molar-refractivity contribution in [3.63, 3.8) is 0 Å². The molecule has 0 rings (SSSR count). The van der Waals surface area contributed by atoms with Gasteiger partial charge in [0.25, 0.3) is 0 Å². The Morgan fingerprint density at radius 2 is 1.67 bits per heavy atom. The fraction of sp³-hybridized carbons (Fsp3) is 1.00. The molecule has 0 aliphatic heterocycles. The molecule has 0 nitrogen and oxygen atoms in total. The Labute approximate surface area is 66.1 Å². The van der Waals surface area contributed by atoms with Crippen LogP contribution in [0.5, 0.6) is 0 Å². The van der Waals surface area contributed by atoms with E-state index in [0.717, 1.165) is 8.57 Å². The van der Waals surface area contributed by atoms with E-state index in [1.807, 2.05) is 14.8 Å². The summed E-state index contributed by atoms with van der Waals surface area (Å²) in [6, 6.07) is 0. The van der Waals surface area contributed by atoms with E-state index >= 15 is 0 Å². The first-order chi connectivity index (χ1) is 3.71. The maximum atomic E-state index is 12.2. The molecule has 0 atom stereocenters. The third-order valence-electron chi connectivity index (χ3n) is 0.380. The summed E-state index contributed by atoms with van der Waals surface area (Å²) in [6.45, 7) is 0. The second-order valence-electron chi connectivity index (χ2n) is 2.62. The molecule has 0 aliphatic rings. The number of halogens is 2. The van der Waals surface area contributed by atoms with Gasteiger partial charge in [-0.2, -0.15) is 0 Å². The van der Waals surface area contributed by atoms with Crippen LogP contribution in [-0.2, 0) is 11.8 Å². The summed E-state index contributed by atoms with van der Waals surface area (Å²) in [7, 11) is 0.816. The molecule has 0 aromatic heterocycles. The molecule has 0 unspecified atom stereocenters. The van der Waals surface area contributed by atoms with Crippen molar-refractivity contribution in [2.24, 2.45) is 0 Å². The van der Waals surface area contributed by atoms with Crippen LogP contribution in [-0.4, -0.2) is 17.0 Å². The fourth-order valence-electron chi connectivity index (χ4n) is 0.319. The van der Waals surface area contributed by atoms with Gasteiger partial charge in [0.15, 0.2) is 0 Å². The van der Waals surface area contributed by atoms with E-state index in [1.165, 1.54) is 0 Å². The molecule has 0 aliphatic carbocycles. The van der Waals surface area contributed by atoms with Crippen molar-refractivity contribution >= 4 is 43.2 Å². The molecule has 9 heavy (non-hydrogen) atoms. The van der Waals surface area contributed by atoms with Crippen LogP contribution in [0.2, 0.25) is 14.8 Å². The van der Waals surface area contributed by atoms with Crippen LogP contribution in [0.3, 0.4) is 0 Å². The Hall–Kier alpha value is 1.66. The van der Waals surface area contributed by atoms with Crippen LogP contribution in [0.25, 0.3) is 0 Å². The zero-order valence-corrected chi connectivity index (χ0v) is 10.9. The molecule has 56 valence electrons. The number of hydrogen-bond donors (Lipinski definition) is 0. The van der Waals surface area contributed by atoms with Gasteiger partial charge in [-0.25, -0.2) is 0 Å². The zero-order chi connectivity index (χ0) is 7.71. The van der Waals surface area contributed by atoms with Crippen molar-refractivity contribution in [2.75, 3.05) is 0 Å². The van der Waals surface area contributed by atoms with E-state index in [1.54, 1.807) is 0 Å². The van der Waals surface area contributed by atoms with Crippen LogP contribution in [0, 0.1) is 0 Å². The average Bonchev–Trinajstić information content (AvgIpc) is 1.14. The van der Waals surface area contributed by atoms with E-state index in [2.05, 4.69) is 11.8 Å². The standard InChI is InChI=1S/3CH3.F2HPS2.Sn/c;;;1-3(2,4)5;/h3*1H3;(H,4,5);/q;;;;+1/p-1.